The summed E-state index contributed by atoms with van der Waals surface area (Å²) < 4.78 is 2.04. The number of rotatable bonds is 4. The Bertz CT molecular complexity index is 460. The van der Waals surface area contributed by atoms with Crippen molar-refractivity contribution in [3.05, 3.63) is 18.0 Å². The van der Waals surface area contributed by atoms with Crippen molar-refractivity contribution in [3.63, 3.8) is 0 Å². The van der Waals surface area contributed by atoms with Gasteiger partial charge >= 0.3 is 0 Å². The molecular formula is C18H32N2O. The molecule has 1 aliphatic carbocycles. The maximum Gasteiger partial charge on any atom is 0.0736 e. The Morgan fingerprint density at radius 2 is 2.14 bits per heavy atom. The van der Waals surface area contributed by atoms with Crippen molar-refractivity contribution in [2.75, 3.05) is 0 Å². The van der Waals surface area contributed by atoms with E-state index in [9.17, 15) is 5.11 Å². The normalized spacial score (nSPS) is 28.6. The summed E-state index contributed by atoms with van der Waals surface area (Å²) in [4.78, 5) is 0. The second-order valence-electron chi connectivity index (χ2n) is 7.99. The molecule has 21 heavy (non-hydrogen) atoms. The third-order valence-corrected chi connectivity index (χ3v) is 5.24. The number of hydrogen-bond acceptors (Lipinski definition) is 2. The molecule has 120 valence electrons. The van der Waals surface area contributed by atoms with Gasteiger partial charge in [0, 0.05) is 18.7 Å². The second-order valence-corrected chi connectivity index (χ2v) is 7.99. The molecule has 1 heterocycles. The molecule has 1 aromatic rings. The molecule has 0 bridgehead atoms. The second kappa shape index (κ2) is 6.12. The molecule has 0 spiro atoms. The molecule has 0 aromatic carbocycles. The van der Waals surface area contributed by atoms with E-state index in [0.29, 0.717) is 18.4 Å². The highest BCUT2D eigenvalue weighted by Crippen LogP contribution is 2.45. The average Bonchev–Trinajstić information content (AvgIpc) is 2.84. The number of aliphatic hydroxyl groups is 1. The zero-order chi connectivity index (χ0) is 15.7. The van der Waals surface area contributed by atoms with Crippen molar-refractivity contribution < 1.29 is 5.11 Å². The van der Waals surface area contributed by atoms with Crippen LogP contribution in [0.4, 0.5) is 0 Å². The summed E-state index contributed by atoms with van der Waals surface area (Å²) in [5, 5.41) is 16.0. The SMILES string of the molecule is CCC(C)n1ccc(CC2(O)CCCCC2C(C)(C)C)n1. The van der Waals surface area contributed by atoms with Gasteiger partial charge < -0.3 is 5.11 Å². The smallest absolute Gasteiger partial charge is 0.0736 e. The molecule has 3 heteroatoms. The number of aromatic nitrogens is 2. The fourth-order valence-corrected chi connectivity index (χ4v) is 3.89. The Morgan fingerprint density at radius 1 is 1.43 bits per heavy atom. The summed E-state index contributed by atoms with van der Waals surface area (Å²) in [5.41, 5.74) is 0.591. The molecule has 0 radical (unpaired) electrons. The molecule has 1 N–H and O–H groups in total. The molecule has 3 nitrogen and oxygen atoms in total. The van der Waals surface area contributed by atoms with Gasteiger partial charge in [-0.1, -0.05) is 40.5 Å². The van der Waals surface area contributed by atoms with E-state index in [2.05, 4.69) is 46.9 Å². The zero-order valence-electron chi connectivity index (χ0n) is 14.4. The lowest BCUT2D eigenvalue weighted by Gasteiger charge is -2.46. The minimum absolute atomic E-state index is 0.147. The molecule has 1 aromatic heterocycles. The van der Waals surface area contributed by atoms with Crippen molar-refractivity contribution in [1.29, 1.82) is 0 Å². The lowest BCUT2D eigenvalue weighted by molar-refractivity contribution is -0.0895. The average molecular weight is 292 g/mol. The first-order valence-corrected chi connectivity index (χ1v) is 8.52. The molecule has 2 rings (SSSR count). The van der Waals surface area contributed by atoms with Crippen LogP contribution in [0.25, 0.3) is 0 Å². The third-order valence-electron chi connectivity index (χ3n) is 5.24. The van der Waals surface area contributed by atoms with E-state index in [4.69, 9.17) is 5.10 Å². The van der Waals surface area contributed by atoms with E-state index in [1.54, 1.807) is 0 Å². The van der Waals surface area contributed by atoms with Crippen molar-refractivity contribution in [2.24, 2.45) is 11.3 Å². The van der Waals surface area contributed by atoms with Crippen LogP contribution < -0.4 is 0 Å². The summed E-state index contributed by atoms with van der Waals surface area (Å²) in [6, 6.07) is 2.51. The van der Waals surface area contributed by atoms with Crippen LogP contribution in [0.5, 0.6) is 0 Å². The van der Waals surface area contributed by atoms with Crippen molar-refractivity contribution >= 4 is 0 Å². The zero-order valence-corrected chi connectivity index (χ0v) is 14.4. The molecule has 1 fully saturated rings. The van der Waals surface area contributed by atoms with Gasteiger partial charge in [-0.15, -0.1) is 0 Å². The van der Waals surface area contributed by atoms with Crippen LogP contribution in [-0.4, -0.2) is 20.5 Å². The monoisotopic (exact) mass is 292 g/mol. The minimum atomic E-state index is -0.592. The van der Waals surface area contributed by atoms with Crippen LogP contribution in [0.1, 0.15) is 78.5 Å². The van der Waals surface area contributed by atoms with E-state index < -0.39 is 5.60 Å². The molecule has 1 aliphatic rings. The first-order chi connectivity index (χ1) is 9.76. The lowest BCUT2D eigenvalue weighted by Crippen LogP contribution is -2.48. The van der Waals surface area contributed by atoms with Gasteiger partial charge in [0.1, 0.15) is 0 Å². The Morgan fingerprint density at radius 3 is 2.76 bits per heavy atom. The van der Waals surface area contributed by atoms with E-state index in [-0.39, 0.29) is 5.41 Å². The standard InChI is InChI=1S/C18H32N2O/c1-6-14(2)20-12-10-15(19-20)13-18(21)11-8-7-9-16(18)17(3,4)5/h10,12,14,16,21H,6-9,11,13H2,1-5H3. The van der Waals surface area contributed by atoms with Gasteiger partial charge in [-0.05, 0) is 43.6 Å². The molecule has 0 amide bonds. The summed E-state index contributed by atoms with van der Waals surface area (Å²) in [7, 11) is 0. The third kappa shape index (κ3) is 3.68. The van der Waals surface area contributed by atoms with Gasteiger partial charge in [-0.2, -0.15) is 5.10 Å². The number of hydrogen-bond donors (Lipinski definition) is 1. The van der Waals surface area contributed by atoms with Gasteiger partial charge in [0.2, 0.25) is 0 Å². The first-order valence-electron chi connectivity index (χ1n) is 8.52. The van der Waals surface area contributed by atoms with E-state index >= 15 is 0 Å². The number of nitrogens with zero attached hydrogens (tertiary/aromatic N) is 2. The van der Waals surface area contributed by atoms with Crippen molar-refractivity contribution in [1.82, 2.24) is 9.78 Å². The maximum absolute atomic E-state index is 11.3. The Kier molecular flexibility index (Phi) is 4.82. The highest BCUT2D eigenvalue weighted by molar-refractivity contribution is 5.08. The van der Waals surface area contributed by atoms with Gasteiger partial charge in [-0.25, -0.2) is 0 Å². The van der Waals surface area contributed by atoms with Crippen LogP contribution in [0.2, 0.25) is 0 Å². The van der Waals surface area contributed by atoms with Crippen LogP contribution in [0.3, 0.4) is 0 Å². The maximum atomic E-state index is 11.3. The Balaban J connectivity index is 2.17. The van der Waals surface area contributed by atoms with E-state index in [1.165, 1.54) is 6.42 Å². The summed E-state index contributed by atoms with van der Waals surface area (Å²) in [5.74, 6) is 0.354. The molecular weight excluding hydrogens is 260 g/mol. The molecule has 1 saturated carbocycles. The van der Waals surface area contributed by atoms with Crippen LogP contribution in [0, 0.1) is 11.3 Å². The van der Waals surface area contributed by atoms with Crippen LogP contribution in [0.15, 0.2) is 12.3 Å². The summed E-state index contributed by atoms with van der Waals surface area (Å²) >= 11 is 0. The largest absolute Gasteiger partial charge is 0.389 e. The topological polar surface area (TPSA) is 38.0 Å². The molecule has 0 saturated heterocycles. The fourth-order valence-electron chi connectivity index (χ4n) is 3.89. The molecule has 3 atom stereocenters. The molecule has 0 aliphatic heterocycles. The minimum Gasteiger partial charge on any atom is -0.389 e. The van der Waals surface area contributed by atoms with Gasteiger partial charge in [0.25, 0.3) is 0 Å². The summed E-state index contributed by atoms with van der Waals surface area (Å²) in [6.45, 7) is 11.1. The first kappa shape index (κ1) is 16.5. The van der Waals surface area contributed by atoms with Gasteiger partial charge in [0.15, 0.2) is 0 Å². The molecule has 3 unspecified atom stereocenters. The quantitative estimate of drug-likeness (QED) is 0.895. The van der Waals surface area contributed by atoms with E-state index in [0.717, 1.165) is 31.4 Å². The van der Waals surface area contributed by atoms with Gasteiger partial charge in [-0.3, -0.25) is 4.68 Å². The van der Waals surface area contributed by atoms with Crippen molar-refractivity contribution in [2.45, 2.75) is 84.8 Å². The highest BCUT2D eigenvalue weighted by Gasteiger charge is 2.45. The van der Waals surface area contributed by atoms with Crippen molar-refractivity contribution in [3.8, 4) is 0 Å². The van der Waals surface area contributed by atoms with Crippen LogP contribution >= 0.6 is 0 Å². The highest BCUT2D eigenvalue weighted by atomic mass is 16.3. The van der Waals surface area contributed by atoms with E-state index in [1.807, 2.05) is 4.68 Å². The van der Waals surface area contributed by atoms with Gasteiger partial charge in [0.05, 0.1) is 11.3 Å². The summed E-state index contributed by atoms with van der Waals surface area (Å²) in [6.07, 6.45) is 8.24. The fraction of sp³-hybridized carbons (Fsp3) is 0.833. The van der Waals surface area contributed by atoms with Crippen LogP contribution in [-0.2, 0) is 6.42 Å². The Hall–Kier alpha value is -0.830. The predicted molar refractivity (Wildman–Crippen MR) is 87.3 cm³/mol. The lowest BCUT2D eigenvalue weighted by atomic mass is 9.62. The Labute approximate surface area is 129 Å². The predicted octanol–water partition coefficient (Wildman–Crippen LogP) is 4.36.